The summed E-state index contributed by atoms with van der Waals surface area (Å²) in [6, 6.07) is 10.8. The van der Waals surface area contributed by atoms with Gasteiger partial charge in [0.15, 0.2) is 0 Å². The van der Waals surface area contributed by atoms with Crippen molar-refractivity contribution < 1.29 is 24.2 Å². The Hall–Kier alpha value is -3.09. The molecule has 0 spiro atoms. The number of carbonyl (C=O) groups excluding carboxylic acids is 1. The molecule has 0 aliphatic heterocycles. The first-order valence-electron chi connectivity index (χ1n) is 9.33. The molecule has 1 saturated carbocycles. The van der Waals surface area contributed by atoms with Crippen molar-refractivity contribution in [2.45, 2.75) is 32.2 Å². The van der Waals surface area contributed by atoms with Gasteiger partial charge in [-0.25, -0.2) is 4.98 Å². The number of aromatic nitrogens is 1. The first-order chi connectivity index (χ1) is 13.6. The van der Waals surface area contributed by atoms with E-state index >= 15 is 0 Å². The number of nitrogens with zero attached hydrogens (tertiary/aromatic N) is 1. The third-order valence-electron chi connectivity index (χ3n) is 4.95. The monoisotopic (exact) mass is 384 g/mol. The molecule has 148 valence electrons. The topological polar surface area (TPSA) is 97.8 Å². The van der Waals surface area contributed by atoms with E-state index in [1.807, 2.05) is 18.2 Å². The number of nitrogens with one attached hydrogen (secondary N) is 1. The summed E-state index contributed by atoms with van der Waals surface area (Å²) in [6.45, 7) is 0.264. The predicted octanol–water partition coefficient (Wildman–Crippen LogP) is 3.39. The van der Waals surface area contributed by atoms with E-state index in [0.29, 0.717) is 30.2 Å². The lowest BCUT2D eigenvalue weighted by molar-refractivity contribution is -0.144. The Bertz CT molecular complexity index is 839. The summed E-state index contributed by atoms with van der Waals surface area (Å²) < 4.78 is 11.1. The first kappa shape index (κ1) is 19.7. The maximum atomic E-state index is 12.5. The smallest absolute Gasteiger partial charge is 0.306 e. The minimum atomic E-state index is -0.821. The van der Waals surface area contributed by atoms with Crippen molar-refractivity contribution in [3.8, 4) is 17.4 Å². The maximum absolute atomic E-state index is 12.5. The SMILES string of the molecule is COc1cccc(Oc2ncccc2CNC(=O)C2CCCC(C(=O)O)C2)c1. The van der Waals surface area contributed by atoms with Crippen molar-refractivity contribution in [3.05, 3.63) is 48.2 Å². The lowest BCUT2D eigenvalue weighted by atomic mass is 9.81. The molecule has 1 aliphatic carbocycles. The van der Waals surface area contributed by atoms with Gasteiger partial charge in [-0.15, -0.1) is 0 Å². The number of carbonyl (C=O) groups is 2. The highest BCUT2D eigenvalue weighted by atomic mass is 16.5. The van der Waals surface area contributed by atoms with Crippen LogP contribution in [0.25, 0.3) is 0 Å². The second kappa shape index (κ2) is 9.21. The molecule has 0 saturated heterocycles. The van der Waals surface area contributed by atoms with E-state index in [9.17, 15) is 14.7 Å². The second-order valence-corrected chi connectivity index (χ2v) is 6.87. The van der Waals surface area contributed by atoms with E-state index in [2.05, 4.69) is 10.3 Å². The van der Waals surface area contributed by atoms with Gasteiger partial charge in [-0.2, -0.15) is 0 Å². The molecule has 2 unspecified atom stereocenters. The molecular formula is C21H24N2O5. The molecule has 7 heteroatoms. The lowest BCUT2D eigenvalue weighted by Gasteiger charge is -2.25. The largest absolute Gasteiger partial charge is 0.497 e. The normalized spacial score (nSPS) is 18.9. The summed E-state index contributed by atoms with van der Waals surface area (Å²) >= 11 is 0. The number of methoxy groups -OCH3 is 1. The van der Waals surface area contributed by atoms with Crippen LogP contribution in [0.4, 0.5) is 0 Å². The zero-order valence-electron chi connectivity index (χ0n) is 15.8. The fraction of sp³-hybridized carbons (Fsp3) is 0.381. The zero-order chi connectivity index (χ0) is 19.9. The summed E-state index contributed by atoms with van der Waals surface area (Å²) in [5.74, 6) is 0.0175. The number of amides is 1. The highest BCUT2D eigenvalue weighted by molar-refractivity contribution is 5.80. The Morgan fingerprint density at radius 1 is 1.18 bits per heavy atom. The maximum Gasteiger partial charge on any atom is 0.306 e. The van der Waals surface area contributed by atoms with Gasteiger partial charge in [0.2, 0.25) is 11.8 Å². The second-order valence-electron chi connectivity index (χ2n) is 6.87. The number of hydrogen-bond acceptors (Lipinski definition) is 5. The van der Waals surface area contributed by atoms with E-state index in [-0.39, 0.29) is 18.4 Å². The molecule has 1 aromatic carbocycles. The average molecular weight is 384 g/mol. The number of aliphatic carboxylic acids is 1. The number of carboxylic acids is 1. The third kappa shape index (κ3) is 5.00. The van der Waals surface area contributed by atoms with E-state index in [1.54, 1.807) is 31.5 Å². The molecule has 0 radical (unpaired) electrons. The fourth-order valence-corrected chi connectivity index (χ4v) is 3.41. The number of carboxylic acid groups (broad SMARTS) is 1. The van der Waals surface area contributed by atoms with Crippen LogP contribution in [0, 0.1) is 11.8 Å². The lowest BCUT2D eigenvalue weighted by Crippen LogP contribution is -2.35. The molecule has 0 bridgehead atoms. The Morgan fingerprint density at radius 2 is 1.96 bits per heavy atom. The van der Waals surface area contributed by atoms with Gasteiger partial charge in [-0.3, -0.25) is 9.59 Å². The van der Waals surface area contributed by atoms with Crippen LogP contribution in [-0.2, 0) is 16.1 Å². The average Bonchev–Trinajstić information content (AvgIpc) is 2.73. The molecule has 28 heavy (non-hydrogen) atoms. The standard InChI is InChI=1S/C21H24N2O5/c1-27-17-8-3-9-18(12-17)28-20-16(7-4-10-22-20)13-23-19(24)14-5-2-6-15(11-14)21(25)26/h3-4,7-10,12,14-15H,2,5-6,11,13H2,1H3,(H,23,24)(H,25,26). The predicted molar refractivity (Wildman–Crippen MR) is 102 cm³/mol. The third-order valence-corrected chi connectivity index (χ3v) is 4.95. The Kier molecular flexibility index (Phi) is 6.47. The molecule has 1 amide bonds. The van der Waals surface area contributed by atoms with Gasteiger partial charge < -0.3 is 19.9 Å². The molecular weight excluding hydrogens is 360 g/mol. The number of rotatable bonds is 7. The van der Waals surface area contributed by atoms with Crippen LogP contribution < -0.4 is 14.8 Å². The van der Waals surface area contributed by atoms with Crippen molar-refractivity contribution in [3.63, 3.8) is 0 Å². The molecule has 1 aromatic heterocycles. The van der Waals surface area contributed by atoms with Crippen LogP contribution in [0.15, 0.2) is 42.6 Å². The van der Waals surface area contributed by atoms with Crippen molar-refractivity contribution in [2.75, 3.05) is 7.11 Å². The number of benzene rings is 1. The number of hydrogen-bond donors (Lipinski definition) is 2. The van der Waals surface area contributed by atoms with E-state index < -0.39 is 11.9 Å². The molecule has 1 heterocycles. The molecule has 2 atom stereocenters. The molecule has 7 nitrogen and oxygen atoms in total. The summed E-state index contributed by atoms with van der Waals surface area (Å²) in [4.78, 5) is 28.0. The Morgan fingerprint density at radius 3 is 2.75 bits per heavy atom. The van der Waals surface area contributed by atoms with Crippen molar-refractivity contribution in [1.29, 1.82) is 0 Å². The van der Waals surface area contributed by atoms with Crippen LogP contribution in [0.5, 0.6) is 17.4 Å². The molecule has 2 aromatic rings. The first-order valence-corrected chi connectivity index (χ1v) is 9.33. The van der Waals surface area contributed by atoms with Gasteiger partial charge in [0.25, 0.3) is 0 Å². The van der Waals surface area contributed by atoms with E-state index in [4.69, 9.17) is 9.47 Å². The molecule has 2 N–H and O–H groups in total. The van der Waals surface area contributed by atoms with Crippen LogP contribution in [-0.4, -0.2) is 29.1 Å². The van der Waals surface area contributed by atoms with Gasteiger partial charge in [0.05, 0.1) is 13.0 Å². The van der Waals surface area contributed by atoms with Gasteiger partial charge in [-0.05, 0) is 37.5 Å². The number of ether oxygens (including phenoxy) is 2. The van der Waals surface area contributed by atoms with Gasteiger partial charge in [0, 0.05) is 30.3 Å². The minimum absolute atomic E-state index is 0.123. The highest BCUT2D eigenvalue weighted by Crippen LogP contribution is 2.30. The zero-order valence-corrected chi connectivity index (χ0v) is 15.8. The Balaban J connectivity index is 1.63. The van der Waals surface area contributed by atoms with E-state index in [1.165, 1.54) is 0 Å². The quantitative estimate of drug-likeness (QED) is 0.759. The van der Waals surface area contributed by atoms with E-state index in [0.717, 1.165) is 18.4 Å². The van der Waals surface area contributed by atoms with Crippen LogP contribution in [0.3, 0.4) is 0 Å². The summed E-state index contributed by atoms with van der Waals surface area (Å²) in [5.41, 5.74) is 0.740. The summed E-state index contributed by atoms with van der Waals surface area (Å²) in [7, 11) is 1.58. The van der Waals surface area contributed by atoms with Crippen molar-refractivity contribution in [2.24, 2.45) is 11.8 Å². The van der Waals surface area contributed by atoms with Crippen molar-refractivity contribution in [1.82, 2.24) is 10.3 Å². The van der Waals surface area contributed by atoms with Crippen molar-refractivity contribution >= 4 is 11.9 Å². The Labute approximate surface area is 163 Å². The van der Waals surface area contributed by atoms with Crippen LogP contribution >= 0.6 is 0 Å². The fourth-order valence-electron chi connectivity index (χ4n) is 3.41. The molecule has 3 rings (SSSR count). The molecule has 1 fully saturated rings. The summed E-state index contributed by atoms with van der Waals surface area (Å²) in [6.07, 6.45) is 4.13. The highest BCUT2D eigenvalue weighted by Gasteiger charge is 2.30. The van der Waals surface area contributed by atoms with Crippen LogP contribution in [0.2, 0.25) is 0 Å². The van der Waals surface area contributed by atoms with Gasteiger partial charge in [-0.1, -0.05) is 18.6 Å². The number of pyridine rings is 1. The van der Waals surface area contributed by atoms with Gasteiger partial charge in [0.1, 0.15) is 11.5 Å². The minimum Gasteiger partial charge on any atom is -0.497 e. The van der Waals surface area contributed by atoms with Crippen LogP contribution in [0.1, 0.15) is 31.2 Å². The summed E-state index contributed by atoms with van der Waals surface area (Å²) in [5, 5.41) is 12.1. The van der Waals surface area contributed by atoms with Gasteiger partial charge >= 0.3 is 5.97 Å². The molecule has 1 aliphatic rings.